The van der Waals surface area contributed by atoms with E-state index in [1.54, 1.807) is 11.7 Å². The van der Waals surface area contributed by atoms with Crippen molar-refractivity contribution in [3.05, 3.63) is 76.5 Å². The smallest absolute Gasteiger partial charge is 0.344 e. The summed E-state index contributed by atoms with van der Waals surface area (Å²) in [4.78, 5) is 12.2. The van der Waals surface area contributed by atoms with Gasteiger partial charge in [0.25, 0.3) is 0 Å². The number of nitrogens with zero attached hydrogens (tertiary/aromatic N) is 4. The molecule has 29 heavy (non-hydrogen) atoms. The van der Waals surface area contributed by atoms with Crippen molar-refractivity contribution >= 4 is 11.8 Å². The minimum atomic E-state index is -0.256. The monoisotopic (exact) mass is 409 g/mol. The van der Waals surface area contributed by atoms with Crippen LogP contribution in [0.5, 0.6) is 5.75 Å². The molecule has 9 heteroatoms. The summed E-state index contributed by atoms with van der Waals surface area (Å²) in [7, 11) is 1.62. The van der Waals surface area contributed by atoms with Crippen molar-refractivity contribution in [3.8, 4) is 17.2 Å². The second kappa shape index (κ2) is 8.36. The fraction of sp³-hybridized carbons (Fsp3) is 0.200. The molecule has 0 unspecified atom stereocenters. The molecule has 0 spiro atoms. The Kier molecular flexibility index (Phi) is 5.48. The Morgan fingerprint density at radius 2 is 1.90 bits per heavy atom. The standard InChI is InChI=1S/C20H19N5O3S/c1-13(17-21-22-18(28-17)15-8-10-16(27-2)11-9-15)29-20-24-23-19(26)25(20)12-14-6-4-3-5-7-14/h3-11,13H,12H2,1-2H3,(H,23,26)/t13-/m1/s1. The Hall–Kier alpha value is -3.33. The molecule has 2 aromatic heterocycles. The summed E-state index contributed by atoms with van der Waals surface area (Å²) in [6.07, 6.45) is 0. The normalized spacial score (nSPS) is 12.1. The molecule has 8 nitrogen and oxygen atoms in total. The molecule has 2 heterocycles. The summed E-state index contributed by atoms with van der Waals surface area (Å²) >= 11 is 1.38. The highest BCUT2D eigenvalue weighted by Crippen LogP contribution is 2.34. The third kappa shape index (κ3) is 4.24. The van der Waals surface area contributed by atoms with E-state index in [1.807, 2.05) is 61.5 Å². The highest BCUT2D eigenvalue weighted by Gasteiger charge is 2.20. The van der Waals surface area contributed by atoms with Crippen LogP contribution < -0.4 is 10.4 Å². The Bertz CT molecular complexity index is 1130. The van der Waals surface area contributed by atoms with Crippen molar-refractivity contribution in [3.63, 3.8) is 0 Å². The van der Waals surface area contributed by atoms with E-state index in [2.05, 4.69) is 20.4 Å². The van der Waals surface area contributed by atoms with Gasteiger partial charge in [0.05, 0.1) is 18.9 Å². The van der Waals surface area contributed by atoms with Gasteiger partial charge in [0.15, 0.2) is 5.16 Å². The van der Waals surface area contributed by atoms with Gasteiger partial charge >= 0.3 is 5.69 Å². The van der Waals surface area contributed by atoms with Crippen LogP contribution in [0.2, 0.25) is 0 Å². The third-order valence-corrected chi connectivity index (χ3v) is 5.39. The van der Waals surface area contributed by atoms with Crippen LogP contribution in [-0.4, -0.2) is 32.1 Å². The minimum absolute atomic E-state index is 0.181. The van der Waals surface area contributed by atoms with E-state index < -0.39 is 0 Å². The Labute approximate surface area is 170 Å². The number of hydrogen-bond donors (Lipinski definition) is 1. The number of benzene rings is 2. The largest absolute Gasteiger partial charge is 0.497 e. The van der Waals surface area contributed by atoms with E-state index in [1.165, 1.54) is 11.8 Å². The molecule has 0 amide bonds. The second-order valence-corrected chi connectivity index (χ2v) is 7.63. The SMILES string of the molecule is COc1ccc(-c2nnc([C@@H](C)Sc3n[nH]c(=O)n3Cc3ccccc3)o2)cc1. The van der Waals surface area contributed by atoms with Crippen LogP contribution in [0.1, 0.15) is 23.6 Å². The number of aromatic amines is 1. The molecule has 1 N–H and O–H groups in total. The number of H-pyrrole nitrogens is 1. The Balaban J connectivity index is 1.51. The van der Waals surface area contributed by atoms with E-state index in [-0.39, 0.29) is 10.9 Å². The van der Waals surface area contributed by atoms with Crippen molar-refractivity contribution in [2.45, 2.75) is 23.9 Å². The molecule has 4 aromatic rings. The van der Waals surface area contributed by atoms with Gasteiger partial charge < -0.3 is 9.15 Å². The Morgan fingerprint density at radius 1 is 1.14 bits per heavy atom. The first-order chi connectivity index (χ1) is 14.1. The first-order valence-corrected chi connectivity index (χ1v) is 9.85. The zero-order chi connectivity index (χ0) is 20.2. The lowest BCUT2D eigenvalue weighted by atomic mass is 10.2. The average molecular weight is 409 g/mol. The molecule has 0 aliphatic rings. The van der Waals surface area contributed by atoms with E-state index in [0.29, 0.717) is 23.5 Å². The van der Waals surface area contributed by atoms with Crippen LogP contribution in [0.15, 0.2) is 69.0 Å². The quantitative estimate of drug-likeness (QED) is 0.466. The van der Waals surface area contributed by atoms with Gasteiger partial charge in [0, 0.05) is 5.56 Å². The van der Waals surface area contributed by atoms with Crippen molar-refractivity contribution in [1.29, 1.82) is 0 Å². The number of thioether (sulfide) groups is 1. The van der Waals surface area contributed by atoms with Gasteiger partial charge in [-0.25, -0.2) is 9.89 Å². The van der Waals surface area contributed by atoms with Crippen LogP contribution in [0.4, 0.5) is 0 Å². The van der Waals surface area contributed by atoms with Crippen molar-refractivity contribution in [1.82, 2.24) is 25.0 Å². The van der Waals surface area contributed by atoms with Crippen LogP contribution >= 0.6 is 11.8 Å². The van der Waals surface area contributed by atoms with E-state index in [4.69, 9.17) is 9.15 Å². The summed E-state index contributed by atoms with van der Waals surface area (Å²) in [5.41, 5.74) is 1.57. The van der Waals surface area contributed by atoms with Crippen LogP contribution in [0, 0.1) is 0 Å². The van der Waals surface area contributed by atoms with Gasteiger partial charge in [-0.1, -0.05) is 42.1 Å². The van der Waals surface area contributed by atoms with Crippen molar-refractivity contribution < 1.29 is 9.15 Å². The lowest BCUT2D eigenvalue weighted by Crippen LogP contribution is -2.18. The molecular formula is C20H19N5O3S. The van der Waals surface area contributed by atoms with E-state index in [9.17, 15) is 4.79 Å². The number of hydrogen-bond acceptors (Lipinski definition) is 7. The summed E-state index contributed by atoms with van der Waals surface area (Å²) in [5, 5.41) is 15.3. The molecule has 0 bridgehead atoms. The molecule has 0 radical (unpaired) electrons. The topological polar surface area (TPSA) is 98.8 Å². The summed E-state index contributed by atoms with van der Waals surface area (Å²) in [5.74, 6) is 1.65. The Morgan fingerprint density at radius 3 is 2.62 bits per heavy atom. The number of aromatic nitrogens is 5. The molecule has 0 saturated heterocycles. The van der Waals surface area contributed by atoms with Gasteiger partial charge in [-0.2, -0.15) is 0 Å². The minimum Gasteiger partial charge on any atom is -0.497 e. The van der Waals surface area contributed by atoms with E-state index >= 15 is 0 Å². The summed E-state index contributed by atoms with van der Waals surface area (Å²) < 4.78 is 12.6. The number of methoxy groups -OCH3 is 1. The van der Waals surface area contributed by atoms with Gasteiger partial charge in [0.2, 0.25) is 11.8 Å². The zero-order valence-electron chi connectivity index (χ0n) is 15.9. The van der Waals surface area contributed by atoms with Gasteiger partial charge in [-0.15, -0.1) is 15.3 Å². The molecule has 4 rings (SSSR count). The highest BCUT2D eigenvalue weighted by atomic mass is 32.2. The van der Waals surface area contributed by atoms with E-state index in [0.717, 1.165) is 16.9 Å². The molecule has 0 aliphatic carbocycles. The average Bonchev–Trinajstić information content (AvgIpc) is 3.38. The highest BCUT2D eigenvalue weighted by molar-refractivity contribution is 7.99. The number of nitrogens with one attached hydrogen (secondary N) is 1. The van der Waals surface area contributed by atoms with Crippen molar-refractivity contribution in [2.75, 3.05) is 7.11 Å². The second-order valence-electron chi connectivity index (χ2n) is 6.32. The van der Waals surface area contributed by atoms with Crippen LogP contribution in [-0.2, 0) is 6.54 Å². The maximum atomic E-state index is 12.2. The number of ether oxygens (including phenoxy) is 1. The summed E-state index contributed by atoms with van der Waals surface area (Å²) in [6.45, 7) is 2.37. The summed E-state index contributed by atoms with van der Waals surface area (Å²) in [6, 6.07) is 17.2. The molecular weight excluding hydrogens is 390 g/mol. The van der Waals surface area contributed by atoms with Crippen molar-refractivity contribution in [2.24, 2.45) is 0 Å². The molecule has 0 fully saturated rings. The molecule has 0 aliphatic heterocycles. The first kappa shape index (κ1) is 19.0. The predicted molar refractivity (Wildman–Crippen MR) is 109 cm³/mol. The predicted octanol–water partition coefficient (Wildman–Crippen LogP) is 3.53. The maximum absolute atomic E-state index is 12.2. The fourth-order valence-corrected chi connectivity index (χ4v) is 3.64. The molecule has 2 aromatic carbocycles. The first-order valence-electron chi connectivity index (χ1n) is 8.97. The lowest BCUT2D eigenvalue weighted by molar-refractivity contribution is 0.415. The zero-order valence-corrected chi connectivity index (χ0v) is 16.7. The van der Waals surface area contributed by atoms with Gasteiger partial charge in [-0.05, 0) is 36.8 Å². The van der Waals surface area contributed by atoms with Gasteiger partial charge in [-0.3, -0.25) is 4.57 Å². The molecule has 0 saturated carbocycles. The molecule has 1 atom stereocenters. The number of rotatable bonds is 7. The lowest BCUT2D eigenvalue weighted by Gasteiger charge is -2.08. The maximum Gasteiger partial charge on any atom is 0.344 e. The third-order valence-electron chi connectivity index (χ3n) is 4.31. The molecule has 148 valence electrons. The van der Waals surface area contributed by atoms with Crippen LogP contribution in [0.3, 0.4) is 0 Å². The fourth-order valence-electron chi connectivity index (χ4n) is 2.76. The van der Waals surface area contributed by atoms with Gasteiger partial charge in [0.1, 0.15) is 5.75 Å². The van der Waals surface area contributed by atoms with Crippen LogP contribution in [0.25, 0.3) is 11.5 Å².